The molecule has 1 fully saturated rings. The molecule has 1 aliphatic rings. The fourth-order valence-electron chi connectivity index (χ4n) is 2.22. The van der Waals surface area contributed by atoms with E-state index in [-0.39, 0.29) is 0 Å². The van der Waals surface area contributed by atoms with Gasteiger partial charge in [-0.1, -0.05) is 6.92 Å². The van der Waals surface area contributed by atoms with Gasteiger partial charge in [-0.25, -0.2) is 4.98 Å². The Morgan fingerprint density at radius 3 is 2.69 bits per heavy atom. The molecule has 1 saturated heterocycles. The largest absolute Gasteiger partial charge is 0.346 e. The van der Waals surface area contributed by atoms with Crippen molar-refractivity contribution in [3.8, 4) is 0 Å². The molecule has 4 nitrogen and oxygen atoms in total. The number of rotatable bonds is 4. The number of hydrogen-bond acceptors (Lipinski definition) is 3. The zero-order valence-corrected chi connectivity index (χ0v) is 10.3. The first-order valence-electron chi connectivity index (χ1n) is 6.27. The molecule has 2 N–H and O–H groups in total. The average Bonchev–Trinajstić information content (AvgIpc) is 2.69. The van der Waals surface area contributed by atoms with Crippen molar-refractivity contribution < 1.29 is 0 Å². The molecule has 0 unspecified atom stereocenters. The van der Waals surface area contributed by atoms with Gasteiger partial charge in [0.1, 0.15) is 5.82 Å². The topological polar surface area (TPSA) is 44.0 Å². The number of imidazole rings is 1. The van der Waals surface area contributed by atoms with Crippen LogP contribution >= 0.6 is 0 Å². The molecule has 0 bridgehead atoms. The lowest BCUT2D eigenvalue weighted by atomic mass is 10.3. The Balaban J connectivity index is 1.83. The maximum Gasteiger partial charge on any atom is 0.107 e. The van der Waals surface area contributed by atoms with Gasteiger partial charge in [-0.05, 0) is 13.3 Å². The van der Waals surface area contributed by atoms with Crippen molar-refractivity contribution in [2.45, 2.75) is 26.7 Å². The van der Waals surface area contributed by atoms with Crippen molar-refractivity contribution in [2.75, 3.05) is 32.7 Å². The summed E-state index contributed by atoms with van der Waals surface area (Å²) < 4.78 is 0. The third-order valence-electron chi connectivity index (χ3n) is 3.24. The summed E-state index contributed by atoms with van der Waals surface area (Å²) in [6.45, 7) is 9.97. The summed E-state index contributed by atoms with van der Waals surface area (Å²) >= 11 is 0. The van der Waals surface area contributed by atoms with Gasteiger partial charge in [0, 0.05) is 44.8 Å². The molecule has 4 heteroatoms. The van der Waals surface area contributed by atoms with Gasteiger partial charge in [0.25, 0.3) is 0 Å². The standard InChI is InChI=1S/C12H22N4/c1-3-11-10(2)14-12(15-11)4-7-16-8-5-13-6-9-16/h13H,3-9H2,1-2H3,(H,14,15). The van der Waals surface area contributed by atoms with E-state index in [1.165, 1.54) is 24.5 Å². The minimum atomic E-state index is 1.02. The summed E-state index contributed by atoms with van der Waals surface area (Å²) in [6.07, 6.45) is 2.07. The van der Waals surface area contributed by atoms with Crippen LogP contribution in [0, 0.1) is 6.92 Å². The van der Waals surface area contributed by atoms with Crippen molar-refractivity contribution in [2.24, 2.45) is 0 Å². The number of hydrogen-bond donors (Lipinski definition) is 2. The fourth-order valence-corrected chi connectivity index (χ4v) is 2.22. The molecule has 0 aromatic carbocycles. The lowest BCUT2D eigenvalue weighted by Gasteiger charge is -2.26. The molecule has 2 rings (SSSR count). The lowest BCUT2D eigenvalue weighted by Crippen LogP contribution is -2.44. The van der Waals surface area contributed by atoms with Crippen LogP contribution in [0.1, 0.15) is 24.1 Å². The highest BCUT2D eigenvalue weighted by Crippen LogP contribution is 2.06. The van der Waals surface area contributed by atoms with E-state index in [4.69, 9.17) is 0 Å². The van der Waals surface area contributed by atoms with Crippen molar-refractivity contribution >= 4 is 0 Å². The highest BCUT2D eigenvalue weighted by atomic mass is 15.2. The lowest BCUT2D eigenvalue weighted by molar-refractivity contribution is 0.242. The van der Waals surface area contributed by atoms with Gasteiger partial charge in [-0.15, -0.1) is 0 Å². The number of nitrogens with zero attached hydrogens (tertiary/aromatic N) is 2. The van der Waals surface area contributed by atoms with Crippen LogP contribution in [-0.2, 0) is 12.8 Å². The summed E-state index contributed by atoms with van der Waals surface area (Å²) in [4.78, 5) is 10.5. The summed E-state index contributed by atoms with van der Waals surface area (Å²) in [5.74, 6) is 1.15. The first kappa shape index (κ1) is 11.6. The quantitative estimate of drug-likeness (QED) is 0.789. The zero-order valence-electron chi connectivity index (χ0n) is 10.3. The predicted octanol–water partition coefficient (Wildman–Crippen LogP) is 0.728. The first-order valence-corrected chi connectivity index (χ1v) is 6.27. The van der Waals surface area contributed by atoms with Gasteiger partial charge in [0.05, 0.1) is 5.69 Å². The summed E-state index contributed by atoms with van der Waals surface area (Å²) in [7, 11) is 0. The Bertz CT molecular complexity index is 326. The predicted molar refractivity (Wildman–Crippen MR) is 65.7 cm³/mol. The van der Waals surface area contributed by atoms with Crippen LogP contribution in [-0.4, -0.2) is 47.6 Å². The van der Waals surface area contributed by atoms with Crippen molar-refractivity contribution in [1.82, 2.24) is 20.2 Å². The number of nitrogens with one attached hydrogen (secondary N) is 2. The summed E-state index contributed by atoms with van der Waals surface area (Å²) in [5, 5.41) is 3.37. The Morgan fingerprint density at radius 1 is 1.31 bits per heavy atom. The van der Waals surface area contributed by atoms with Crippen LogP contribution in [0.3, 0.4) is 0 Å². The van der Waals surface area contributed by atoms with Crippen LogP contribution in [0.25, 0.3) is 0 Å². The van der Waals surface area contributed by atoms with E-state index in [0.29, 0.717) is 0 Å². The van der Waals surface area contributed by atoms with E-state index in [1.807, 2.05) is 0 Å². The second kappa shape index (κ2) is 5.46. The molecule has 1 aromatic rings. The Morgan fingerprint density at radius 2 is 2.06 bits per heavy atom. The molecule has 0 saturated carbocycles. The minimum absolute atomic E-state index is 1.02. The van der Waals surface area contributed by atoms with Gasteiger partial charge in [-0.2, -0.15) is 0 Å². The van der Waals surface area contributed by atoms with Crippen LogP contribution < -0.4 is 5.32 Å². The minimum Gasteiger partial charge on any atom is -0.346 e. The molecule has 0 aliphatic carbocycles. The van der Waals surface area contributed by atoms with Gasteiger partial charge < -0.3 is 15.2 Å². The number of aromatic amines is 1. The van der Waals surface area contributed by atoms with Crippen molar-refractivity contribution in [3.63, 3.8) is 0 Å². The number of H-pyrrole nitrogens is 1. The normalized spacial score (nSPS) is 17.9. The zero-order chi connectivity index (χ0) is 11.4. The maximum atomic E-state index is 4.61. The van der Waals surface area contributed by atoms with E-state index in [2.05, 4.69) is 34.0 Å². The van der Waals surface area contributed by atoms with Gasteiger partial charge >= 0.3 is 0 Å². The van der Waals surface area contributed by atoms with Crippen LogP contribution in [0.4, 0.5) is 0 Å². The van der Waals surface area contributed by atoms with Crippen molar-refractivity contribution in [1.29, 1.82) is 0 Å². The summed E-state index contributed by atoms with van der Waals surface area (Å²) in [6, 6.07) is 0. The highest BCUT2D eigenvalue weighted by Gasteiger charge is 2.10. The highest BCUT2D eigenvalue weighted by molar-refractivity contribution is 5.12. The summed E-state index contributed by atoms with van der Waals surface area (Å²) in [5.41, 5.74) is 2.45. The van der Waals surface area contributed by atoms with E-state index < -0.39 is 0 Å². The molecule has 0 radical (unpaired) electrons. The molecule has 0 amide bonds. The van der Waals surface area contributed by atoms with E-state index in [0.717, 1.165) is 38.3 Å². The van der Waals surface area contributed by atoms with Gasteiger partial charge in [-0.3, -0.25) is 0 Å². The molecule has 90 valence electrons. The van der Waals surface area contributed by atoms with Crippen LogP contribution in [0.5, 0.6) is 0 Å². The smallest absolute Gasteiger partial charge is 0.107 e. The van der Waals surface area contributed by atoms with Gasteiger partial charge in [0.15, 0.2) is 0 Å². The van der Waals surface area contributed by atoms with E-state index >= 15 is 0 Å². The van der Waals surface area contributed by atoms with E-state index in [9.17, 15) is 0 Å². The number of aryl methyl sites for hydroxylation is 2. The average molecular weight is 222 g/mol. The second-order valence-electron chi connectivity index (χ2n) is 4.45. The van der Waals surface area contributed by atoms with E-state index in [1.54, 1.807) is 0 Å². The Kier molecular flexibility index (Phi) is 3.96. The monoisotopic (exact) mass is 222 g/mol. The molecule has 2 heterocycles. The number of aromatic nitrogens is 2. The molecule has 16 heavy (non-hydrogen) atoms. The van der Waals surface area contributed by atoms with Crippen LogP contribution in [0.2, 0.25) is 0 Å². The van der Waals surface area contributed by atoms with Gasteiger partial charge in [0.2, 0.25) is 0 Å². The Labute approximate surface area is 97.4 Å². The first-order chi connectivity index (χ1) is 7.79. The molecular weight excluding hydrogens is 200 g/mol. The van der Waals surface area contributed by atoms with Crippen molar-refractivity contribution in [3.05, 3.63) is 17.2 Å². The second-order valence-corrected chi connectivity index (χ2v) is 4.45. The molecule has 0 spiro atoms. The SMILES string of the molecule is CCc1nc(CCN2CCNCC2)[nH]c1C. The fraction of sp³-hybridized carbons (Fsp3) is 0.750. The Hall–Kier alpha value is -0.870. The molecule has 1 aliphatic heterocycles. The maximum absolute atomic E-state index is 4.61. The molecule has 0 atom stereocenters. The van der Waals surface area contributed by atoms with Crippen LogP contribution in [0.15, 0.2) is 0 Å². The number of piperazine rings is 1. The molecule has 1 aromatic heterocycles. The third-order valence-corrected chi connectivity index (χ3v) is 3.24. The molecular formula is C12H22N4. The third kappa shape index (κ3) is 2.83.